The van der Waals surface area contributed by atoms with Crippen LogP contribution in [0.5, 0.6) is 5.75 Å². The van der Waals surface area contributed by atoms with Crippen molar-refractivity contribution in [3.63, 3.8) is 0 Å². The van der Waals surface area contributed by atoms with Crippen molar-refractivity contribution in [2.75, 3.05) is 7.11 Å². The Bertz CT molecular complexity index is 1140. The molecule has 0 spiro atoms. The monoisotopic (exact) mass is 401 g/mol. The van der Waals surface area contributed by atoms with Crippen molar-refractivity contribution in [3.8, 4) is 22.8 Å². The molecule has 0 atom stereocenters. The Kier molecular flexibility index (Phi) is 5.67. The Morgan fingerprint density at radius 2 is 1.72 bits per heavy atom. The Labute approximate surface area is 175 Å². The maximum atomic E-state index is 5.35. The average molecular weight is 402 g/mol. The maximum absolute atomic E-state index is 5.35. The first-order valence-electron chi connectivity index (χ1n) is 9.50. The van der Waals surface area contributed by atoms with Crippen molar-refractivity contribution in [1.29, 1.82) is 0 Å². The van der Waals surface area contributed by atoms with Gasteiger partial charge in [-0.3, -0.25) is 4.57 Å². The SMILES string of the molecule is COc1cccc(CSc2nnc(-c3cccc(C)c3)n2-c2ccccc2C)c1. The Morgan fingerprint density at radius 1 is 0.897 bits per heavy atom. The Hall–Kier alpha value is -3.05. The van der Waals surface area contributed by atoms with Crippen LogP contribution in [-0.2, 0) is 5.75 Å². The molecule has 0 saturated heterocycles. The summed E-state index contributed by atoms with van der Waals surface area (Å²) in [7, 11) is 1.69. The highest BCUT2D eigenvalue weighted by Crippen LogP contribution is 2.31. The van der Waals surface area contributed by atoms with Gasteiger partial charge >= 0.3 is 0 Å². The van der Waals surface area contributed by atoms with Crippen molar-refractivity contribution < 1.29 is 4.74 Å². The van der Waals surface area contributed by atoms with E-state index >= 15 is 0 Å². The van der Waals surface area contributed by atoms with Gasteiger partial charge in [-0.1, -0.05) is 65.9 Å². The van der Waals surface area contributed by atoms with Gasteiger partial charge in [-0.05, 0) is 49.2 Å². The molecular formula is C24H23N3OS. The number of benzene rings is 3. The molecular weight excluding hydrogens is 378 g/mol. The lowest BCUT2D eigenvalue weighted by molar-refractivity contribution is 0.414. The molecule has 0 aliphatic heterocycles. The number of nitrogens with zero attached hydrogens (tertiary/aromatic N) is 3. The summed E-state index contributed by atoms with van der Waals surface area (Å²) in [6.45, 7) is 4.21. The highest BCUT2D eigenvalue weighted by molar-refractivity contribution is 7.98. The molecule has 5 heteroatoms. The van der Waals surface area contributed by atoms with Gasteiger partial charge in [0.05, 0.1) is 12.8 Å². The Balaban J connectivity index is 1.75. The molecule has 146 valence electrons. The predicted octanol–water partition coefficient (Wildman–Crippen LogP) is 5.85. The number of rotatable bonds is 6. The van der Waals surface area contributed by atoms with Crippen LogP contribution in [0.4, 0.5) is 0 Å². The lowest BCUT2D eigenvalue weighted by atomic mass is 10.1. The van der Waals surface area contributed by atoms with Crippen LogP contribution < -0.4 is 4.74 Å². The first kappa shape index (κ1) is 19.3. The van der Waals surface area contributed by atoms with Crippen molar-refractivity contribution in [3.05, 3.63) is 89.5 Å². The molecule has 1 heterocycles. The van der Waals surface area contributed by atoms with Gasteiger partial charge in [0, 0.05) is 11.3 Å². The number of para-hydroxylation sites is 1. The van der Waals surface area contributed by atoms with E-state index in [-0.39, 0.29) is 0 Å². The highest BCUT2D eigenvalue weighted by Gasteiger charge is 2.17. The third kappa shape index (κ3) is 4.20. The van der Waals surface area contributed by atoms with E-state index in [0.29, 0.717) is 0 Å². The van der Waals surface area contributed by atoms with Crippen LogP contribution >= 0.6 is 11.8 Å². The number of methoxy groups -OCH3 is 1. The molecule has 0 radical (unpaired) electrons. The lowest BCUT2D eigenvalue weighted by Gasteiger charge is -2.13. The van der Waals surface area contributed by atoms with E-state index in [4.69, 9.17) is 4.74 Å². The van der Waals surface area contributed by atoms with Crippen LogP contribution in [0, 0.1) is 13.8 Å². The zero-order chi connectivity index (χ0) is 20.2. The van der Waals surface area contributed by atoms with Gasteiger partial charge < -0.3 is 4.74 Å². The molecule has 0 bridgehead atoms. The van der Waals surface area contributed by atoms with Crippen LogP contribution in [-0.4, -0.2) is 21.9 Å². The number of thioether (sulfide) groups is 1. The molecule has 0 fully saturated rings. The summed E-state index contributed by atoms with van der Waals surface area (Å²) in [4.78, 5) is 0. The van der Waals surface area contributed by atoms with E-state index < -0.39 is 0 Å². The highest BCUT2D eigenvalue weighted by atomic mass is 32.2. The largest absolute Gasteiger partial charge is 0.497 e. The minimum atomic E-state index is 0.787. The maximum Gasteiger partial charge on any atom is 0.196 e. The van der Waals surface area contributed by atoms with Gasteiger partial charge in [0.2, 0.25) is 0 Å². The van der Waals surface area contributed by atoms with Gasteiger partial charge in [0.25, 0.3) is 0 Å². The third-order valence-electron chi connectivity index (χ3n) is 4.77. The molecule has 3 aromatic carbocycles. The van der Waals surface area contributed by atoms with Gasteiger partial charge in [-0.25, -0.2) is 0 Å². The second-order valence-corrected chi connectivity index (χ2v) is 7.88. The van der Waals surface area contributed by atoms with Gasteiger partial charge in [-0.15, -0.1) is 10.2 Å². The fourth-order valence-electron chi connectivity index (χ4n) is 3.28. The standard InChI is InChI=1S/C24H23N3OS/c1-17-8-6-11-20(14-17)23-25-26-24(27(23)22-13-5-4-9-18(22)2)29-16-19-10-7-12-21(15-19)28-3/h4-15H,16H2,1-3H3. The van der Waals surface area contributed by atoms with Crippen molar-refractivity contribution in [2.45, 2.75) is 24.8 Å². The second kappa shape index (κ2) is 8.53. The fraction of sp³-hybridized carbons (Fsp3) is 0.167. The third-order valence-corrected chi connectivity index (χ3v) is 5.77. The molecule has 4 rings (SSSR count). The molecule has 29 heavy (non-hydrogen) atoms. The molecule has 0 saturated carbocycles. The van der Waals surface area contributed by atoms with Crippen molar-refractivity contribution in [2.24, 2.45) is 0 Å². The lowest BCUT2D eigenvalue weighted by Crippen LogP contribution is -2.02. The normalized spacial score (nSPS) is 10.9. The van der Waals surface area contributed by atoms with E-state index in [1.807, 2.05) is 12.1 Å². The van der Waals surface area contributed by atoms with E-state index in [0.717, 1.165) is 33.7 Å². The fourth-order valence-corrected chi connectivity index (χ4v) is 4.16. The van der Waals surface area contributed by atoms with Crippen LogP contribution in [0.25, 0.3) is 17.1 Å². The van der Waals surface area contributed by atoms with Crippen LogP contribution in [0.15, 0.2) is 78.0 Å². The van der Waals surface area contributed by atoms with Gasteiger partial charge in [0.1, 0.15) is 5.75 Å². The molecule has 4 nitrogen and oxygen atoms in total. The summed E-state index contributed by atoms with van der Waals surface area (Å²) in [5, 5.41) is 9.97. The summed E-state index contributed by atoms with van der Waals surface area (Å²) in [6.07, 6.45) is 0. The summed E-state index contributed by atoms with van der Waals surface area (Å²) < 4.78 is 7.51. The van der Waals surface area contributed by atoms with E-state index in [2.05, 4.69) is 89.3 Å². The van der Waals surface area contributed by atoms with E-state index in [9.17, 15) is 0 Å². The Morgan fingerprint density at radius 3 is 2.52 bits per heavy atom. The molecule has 0 aliphatic rings. The number of hydrogen-bond acceptors (Lipinski definition) is 4. The number of aromatic nitrogens is 3. The summed E-state index contributed by atoms with van der Waals surface area (Å²) in [6, 6.07) is 24.9. The minimum absolute atomic E-state index is 0.787. The summed E-state index contributed by atoms with van der Waals surface area (Å²) >= 11 is 1.68. The van der Waals surface area contributed by atoms with Crippen LogP contribution in [0.2, 0.25) is 0 Å². The van der Waals surface area contributed by atoms with Crippen molar-refractivity contribution in [1.82, 2.24) is 14.8 Å². The summed E-state index contributed by atoms with van der Waals surface area (Å²) in [5.41, 5.74) is 5.73. The number of aryl methyl sites for hydroxylation is 2. The van der Waals surface area contributed by atoms with Crippen LogP contribution in [0.3, 0.4) is 0 Å². The van der Waals surface area contributed by atoms with E-state index in [1.54, 1.807) is 18.9 Å². The average Bonchev–Trinajstić information content (AvgIpc) is 3.16. The molecule has 1 aromatic heterocycles. The first-order valence-corrected chi connectivity index (χ1v) is 10.5. The molecule has 0 unspecified atom stereocenters. The molecule has 0 N–H and O–H groups in total. The summed E-state index contributed by atoms with van der Waals surface area (Å²) in [5.74, 6) is 2.51. The number of hydrogen-bond donors (Lipinski definition) is 0. The zero-order valence-electron chi connectivity index (χ0n) is 16.8. The first-order chi connectivity index (χ1) is 14.2. The molecule has 0 aliphatic carbocycles. The van der Waals surface area contributed by atoms with Gasteiger partial charge in [-0.2, -0.15) is 0 Å². The van der Waals surface area contributed by atoms with E-state index in [1.165, 1.54) is 16.7 Å². The van der Waals surface area contributed by atoms with Crippen LogP contribution in [0.1, 0.15) is 16.7 Å². The number of ether oxygens (including phenoxy) is 1. The molecule has 0 amide bonds. The predicted molar refractivity (Wildman–Crippen MR) is 119 cm³/mol. The topological polar surface area (TPSA) is 39.9 Å². The second-order valence-electron chi connectivity index (χ2n) is 6.94. The van der Waals surface area contributed by atoms with Crippen molar-refractivity contribution >= 4 is 11.8 Å². The molecule has 4 aromatic rings. The quantitative estimate of drug-likeness (QED) is 0.380. The minimum Gasteiger partial charge on any atom is -0.497 e. The van der Waals surface area contributed by atoms with Gasteiger partial charge in [0.15, 0.2) is 11.0 Å². The zero-order valence-corrected chi connectivity index (χ0v) is 17.6. The smallest absolute Gasteiger partial charge is 0.196 e.